The summed E-state index contributed by atoms with van der Waals surface area (Å²) in [5.41, 5.74) is 1.74. The number of aryl methyl sites for hydroxylation is 1. The van der Waals surface area contributed by atoms with Crippen molar-refractivity contribution < 1.29 is 13.9 Å². The highest BCUT2D eigenvalue weighted by Gasteiger charge is 2.13. The Morgan fingerprint density at radius 1 is 1.41 bits per heavy atom. The molecule has 2 rings (SSSR count). The van der Waals surface area contributed by atoms with Gasteiger partial charge in [-0.1, -0.05) is 6.92 Å². The lowest BCUT2D eigenvalue weighted by atomic mass is 10.1. The van der Waals surface area contributed by atoms with Crippen LogP contribution in [-0.2, 0) is 11.2 Å². The smallest absolute Gasteiger partial charge is 0.354 e. The second-order valence-electron chi connectivity index (χ2n) is 3.74. The summed E-state index contributed by atoms with van der Waals surface area (Å²) < 4.78 is 18.4. The summed E-state index contributed by atoms with van der Waals surface area (Å²) in [7, 11) is 0. The maximum absolute atomic E-state index is 13.5. The largest absolute Gasteiger partial charge is 0.461 e. The van der Waals surface area contributed by atoms with Crippen LogP contribution in [0, 0.1) is 5.82 Å². The molecule has 0 aliphatic heterocycles. The van der Waals surface area contributed by atoms with Crippen LogP contribution < -0.4 is 0 Å². The van der Waals surface area contributed by atoms with Gasteiger partial charge in [0.15, 0.2) is 0 Å². The molecular formula is C13H14FNO2. The van der Waals surface area contributed by atoms with Crippen LogP contribution in [0.4, 0.5) is 4.39 Å². The van der Waals surface area contributed by atoms with Gasteiger partial charge in [0.1, 0.15) is 11.5 Å². The molecule has 0 bridgehead atoms. The van der Waals surface area contributed by atoms with E-state index in [-0.39, 0.29) is 5.82 Å². The maximum atomic E-state index is 13.5. The highest BCUT2D eigenvalue weighted by molar-refractivity contribution is 5.96. The number of rotatable bonds is 3. The fraction of sp³-hybridized carbons (Fsp3) is 0.308. The number of ether oxygens (including phenoxy) is 1. The fourth-order valence-corrected chi connectivity index (χ4v) is 1.92. The van der Waals surface area contributed by atoms with E-state index in [9.17, 15) is 9.18 Å². The van der Waals surface area contributed by atoms with Gasteiger partial charge in [-0.15, -0.1) is 0 Å². The van der Waals surface area contributed by atoms with Crippen molar-refractivity contribution in [3.8, 4) is 0 Å². The van der Waals surface area contributed by atoms with Crippen molar-refractivity contribution in [3.63, 3.8) is 0 Å². The molecule has 0 aliphatic rings. The van der Waals surface area contributed by atoms with E-state index < -0.39 is 5.97 Å². The van der Waals surface area contributed by atoms with Gasteiger partial charge < -0.3 is 9.72 Å². The molecule has 17 heavy (non-hydrogen) atoms. The maximum Gasteiger partial charge on any atom is 0.354 e. The summed E-state index contributed by atoms with van der Waals surface area (Å²) in [4.78, 5) is 14.5. The van der Waals surface area contributed by atoms with Crippen molar-refractivity contribution in [2.75, 3.05) is 6.61 Å². The van der Waals surface area contributed by atoms with Crippen molar-refractivity contribution in [2.45, 2.75) is 20.3 Å². The Morgan fingerprint density at radius 2 is 2.18 bits per heavy atom. The number of aromatic amines is 1. The summed E-state index contributed by atoms with van der Waals surface area (Å²) in [6.45, 7) is 3.95. The van der Waals surface area contributed by atoms with Crippen LogP contribution in [0.15, 0.2) is 18.2 Å². The van der Waals surface area contributed by atoms with E-state index >= 15 is 0 Å². The lowest BCUT2D eigenvalue weighted by Gasteiger charge is -2.00. The Hall–Kier alpha value is -1.84. The average Bonchev–Trinajstić information content (AvgIpc) is 2.73. The second-order valence-corrected chi connectivity index (χ2v) is 3.74. The summed E-state index contributed by atoms with van der Waals surface area (Å²) >= 11 is 0. The zero-order valence-electron chi connectivity index (χ0n) is 9.84. The minimum Gasteiger partial charge on any atom is -0.461 e. The summed E-state index contributed by atoms with van der Waals surface area (Å²) in [6, 6.07) is 4.69. The van der Waals surface area contributed by atoms with Crippen LogP contribution in [0.25, 0.3) is 10.9 Å². The Kier molecular flexibility index (Phi) is 3.13. The topological polar surface area (TPSA) is 42.1 Å². The number of hydrogen-bond acceptors (Lipinski definition) is 2. The van der Waals surface area contributed by atoms with Crippen molar-refractivity contribution in [1.82, 2.24) is 4.98 Å². The molecular weight excluding hydrogens is 221 g/mol. The number of benzene rings is 1. The first kappa shape index (κ1) is 11.6. The molecule has 0 radical (unpaired) electrons. The summed E-state index contributed by atoms with van der Waals surface area (Å²) in [6.07, 6.45) is 0.587. The van der Waals surface area contributed by atoms with Gasteiger partial charge in [-0.2, -0.15) is 0 Å². The second kappa shape index (κ2) is 4.57. The molecule has 4 heteroatoms. The Morgan fingerprint density at radius 3 is 2.82 bits per heavy atom. The Bertz CT molecular complexity index is 560. The van der Waals surface area contributed by atoms with Gasteiger partial charge in [0.25, 0.3) is 0 Å². The number of halogens is 1. The third-order valence-corrected chi connectivity index (χ3v) is 2.71. The zero-order valence-corrected chi connectivity index (χ0v) is 9.84. The van der Waals surface area contributed by atoms with E-state index in [0.717, 1.165) is 10.9 Å². The van der Waals surface area contributed by atoms with Gasteiger partial charge >= 0.3 is 5.97 Å². The third kappa shape index (κ3) is 2.02. The number of fused-ring (bicyclic) bond motifs is 1. The fourth-order valence-electron chi connectivity index (χ4n) is 1.92. The number of carbonyl (C=O) groups excluding carboxylic acids is 1. The SMILES string of the molecule is CCOC(=O)c1cc2c(CC)c(F)ccc2[nH]1. The summed E-state index contributed by atoms with van der Waals surface area (Å²) in [5, 5.41) is 0.746. The van der Waals surface area contributed by atoms with Gasteiger partial charge in [0, 0.05) is 10.9 Å². The number of carbonyl (C=O) groups is 1. The molecule has 0 saturated heterocycles. The van der Waals surface area contributed by atoms with E-state index in [1.807, 2.05) is 6.92 Å². The summed E-state index contributed by atoms with van der Waals surface area (Å²) in [5.74, 6) is -0.652. The van der Waals surface area contributed by atoms with E-state index in [1.54, 1.807) is 19.1 Å². The average molecular weight is 235 g/mol. The van der Waals surface area contributed by atoms with Crippen LogP contribution >= 0.6 is 0 Å². The third-order valence-electron chi connectivity index (χ3n) is 2.71. The number of H-pyrrole nitrogens is 1. The predicted octanol–water partition coefficient (Wildman–Crippen LogP) is 3.05. The van der Waals surface area contributed by atoms with Crippen molar-refractivity contribution in [1.29, 1.82) is 0 Å². The van der Waals surface area contributed by atoms with E-state index in [1.165, 1.54) is 6.07 Å². The van der Waals surface area contributed by atoms with Gasteiger partial charge in [-0.3, -0.25) is 0 Å². The molecule has 0 saturated carbocycles. The van der Waals surface area contributed by atoms with Crippen LogP contribution in [0.2, 0.25) is 0 Å². The molecule has 0 spiro atoms. The molecule has 1 aromatic heterocycles. The molecule has 2 aromatic rings. The lowest BCUT2D eigenvalue weighted by Crippen LogP contribution is -2.04. The monoisotopic (exact) mass is 235 g/mol. The molecule has 0 amide bonds. The normalized spacial score (nSPS) is 10.8. The molecule has 0 fully saturated rings. The molecule has 3 nitrogen and oxygen atoms in total. The van der Waals surface area contributed by atoms with Crippen LogP contribution in [0.5, 0.6) is 0 Å². The Labute approximate surface area is 98.6 Å². The zero-order chi connectivity index (χ0) is 12.4. The van der Waals surface area contributed by atoms with Crippen LogP contribution in [-0.4, -0.2) is 17.6 Å². The number of aromatic nitrogens is 1. The highest BCUT2D eigenvalue weighted by atomic mass is 19.1. The molecule has 0 aliphatic carbocycles. The molecule has 1 heterocycles. The quantitative estimate of drug-likeness (QED) is 0.831. The minimum atomic E-state index is -0.411. The van der Waals surface area contributed by atoms with Crippen molar-refractivity contribution in [2.24, 2.45) is 0 Å². The van der Waals surface area contributed by atoms with Gasteiger partial charge in [0.05, 0.1) is 6.61 Å². The van der Waals surface area contributed by atoms with Gasteiger partial charge in [-0.05, 0) is 37.1 Å². The standard InChI is InChI=1S/C13H14FNO2/c1-3-8-9-7-12(13(16)17-4-2)15-11(9)6-5-10(8)14/h5-7,15H,3-4H2,1-2H3. The molecule has 90 valence electrons. The first-order valence-electron chi connectivity index (χ1n) is 5.64. The molecule has 1 N–H and O–H groups in total. The first-order valence-corrected chi connectivity index (χ1v) is 5.64. The number of nitrogens with one attached hydrogen (secondary N) is 1. The highest BCUT2D eigenvalue weighted by Crippen LogP contribution is 2.23. The van der Waals surface area contributed by atoms with Crippen LogP contribution in [0.1, 0.15) is 29.9 Å². The predicted molar refractivity (Wildman–Crippen MR) is 63.6 cm³/mol. The van der Waals surface area contributed by atoms with E-state index in [0.29, 0.717) is 24.3 Å². The lowest BCUT2D eigenvalue weighted by molar-refractivity contribution is 0.0520. The van der Waals surface area contributed by atoms with E-state index in [4.69, 9.17) is 4.74 Å². The van der Waals surface area contributed by atoms with Crippen molar-refractivity contribution in [3.05, 3.63) is 35.3 Å². The number of esters is 1. The van der Waals surface area contributed by atoms with Crippen molar-refractivity contribution >= 4 is 16.9 Å². The molecule has 0 atom stereocenters. The van der Waals surface area contributed by atoms with Gasteiger partial charge in [-0.25, -0.2) is 9.18 Å². The van der Waals surface area contributed by atoms with Gasteiger partial charge in [0.2, 0.25) is 0 Å². The first-order chi connectivity index (χ1) is 8.17. The minimum absolute atomic E-state index is 0.241. The van der Waals surface area contributed by atoms with Crippen LogP contribution in [0.3, 0.4) is 0 Å². The number of hydrogen-bond donors (Lipinski definition) is 1. The Balaban J connectivity index is 2.53. The molecule has 1 aromatic carbocycles. The van der Waals surface area contributed by atoms with E-state index in [2.05, 4.69) is 4.98 Å². The molecule has 0 unspecified atom stereocenters.